The molecule has 0 saturated heterocycles. The highest BCUT2D eigenvalue weighted by molar-refractivity contribution is 7.13. The molecule has 0 aliphatic rings. The van der Waals surface area contributed by atoms with Gasteiger partial charge in [-0.2, -0.15) is 10.2 Å². The van der Waals surface area contributed by atoms with E-state index in [0.29, 0.717) is 17.3 Å². The van der Waals surface area contributed by atoms with E-state index in [1.54, 1.807) is 0 Å². The number of anilines is 1. The fraction of sp³-hybridized carbons (Fsp3) is 0.125. The molecule has 2 N–H and O–H groups in total. The number of rotatable bonds is 5. The monoisotopic (exact) mass is 340 g/mol. The summed E-state index contributed by atoms with van der Waals surface area (Å²) in [5, 5.41) is 26.9. The number of phenolic OH excluding ortho intramolecular Hbond substituents is 1. The van der Waals surface area contributed by atoms with Crippen LogP contribution in [0.15, 0.2) is 40.2 Å². The van der Waals surface area contributed by atoms with Crippen molar-refractivity contribution < 1.29 is 14.4 Å². The Morgan fingerprint density at radius 2 is 2.29 bits per heavy atom. The number of aryl methyl sites for hydroxylation is 1. The van der Waals surface area contributed by atoms with Gasteiger partial charge in [-0.15, -0.1) is 11.3 Å². The van der Waals surface area contributed by atoms with Crippen LogP contribution in [-0.4, -0.2) is 21.2 Å². The molecule has 2 aromatic heterocycles. The van der Waals surface area contributed by atoms with Crippen molar-refractivity contribution in [3.8, 4) is 22.5 Å². The van der Waals surface area contributed by atoms with E-state index in [4.69, 9.17) is 9.78 Å². The number of aromatic hydroxyl groups is 1. The third-order valence-corrected chi connectivity index (χ3v) is 4.04. The normalized spacial score (nSPS) is 10.3. The molecule has 0 saturated carbocycles. The minimum absolute atomic E-state index is 0.0971. The predicted octanol–water partition coefficient (Wildman–Crippen LogP) is 2.95. The topological polar surface area (TPSA) is 112 Å². The minimum atomic E-state index is -0.323. The fourth-order valence-corrected chi connectivity index (χ4v) is 2.65. The Kier molecular flexibility index (Phi) is 4.54. The van der Waals surface area contributed by atoms with Crippen LogP contribution in [0.3, 0.4) is 0 Å². The summed E-state index contributed by atoms with van der Waals surface area (Å²) in [5.41, 5.74) is 0.546. The van der Waals surface area contributed by atoms with Crippen molar-refractivity contribution in [3.05, 3.63) is 47.2 Å². The molecule has 0 radical (unpaired) electrons. The van der Waals surface area contributed by atoms with Gasteiger partial charge in [0, 0.05) is 12.8 Å². The number of amides is 1. The van der Waals surface area contributed by atoms with Gasteiger partial charge in [-0.05, 0) is 29.6 Å². The minimum Gasteiger partial charge on any atom is -0.506 e. The average Bonchev–Trinajstić information content (AvgIpc) is 3.26. The number of nitrogens with zero attached hydrogens (tertiary/aromatic N) is 3. The molecule has 0 bridgehead atoms. The Bertz CT molecular complexity index is 896. The smallest absolute Gasteiger partial charge is 0.227 e. The van der Waals surface area contributed by atoms with Gasteiger partial charge in [0.25, 0.3) is 0 Å². The van der Waals surface area contributed by atoms with Crippen molar-refractivity contribution in [2.24, 2.45) is 0 Å². The molecule has 0 aliphatic heterocycles. The summed E-state index contributed by atoms with van der Waals surface area (Å²) in [4.78, 5) is 17.1. The van der Waals surface area contributed by atoms with E-state index >= 15 is 0 Å². The highest BCUT2D eigenvalue weighted by atomic mass is 32.1. The summed E-state index contributed by atoms with van der Waals surface area (Å²) < 4.78 is 5.12. The van der Waals surface area contributed by atoms with E-state index in [-0.39, 0.29) is 30.2 Å². The van der Waals surface area contributed by atoms with Gasteiger partial charge >= 0.3 is 0 Å². The summed E-state index contributed by atoms with van der Waals surface area (Å²) in [6.07, 6.45) is 0.394. The SMILES string of the molecule is N#Cc1ccc(O)c(NC(=O)CCc2nc(-c3cccs3)no2)c1. The molecule has 0 spiro atoms. The molecule has 8 heteroatoms. The molecule has 0 atom stereocenters. The van der Waals surface area contributed by atoms with Crippen LogP contribution in [0.4, 0.5) is 5.69 Å². The molecule has 3 aromatic rings. The van der Waals surface area contributed by atoms with Crippen LogP contribution in [0, 0.1) is 11.3 Å². The molecule has 0 aliphatic carbocycles. The second kappa shape index (κ2) is 6.93. The standard InChI is InChI=1S/C16H12N4O3S/c17-9-10-3-4-12(21)11(8-10)18-14(22)5-6-15-19-16(20-23-15)13-2-1-7-24-13/h1-4,7-8,21H,5-6H2,(H,18,22). The van der Waals surface area contributed by atoms with Crippen molar-refractivity contribution in [1.82, 2.24) is 10.1 Å². The molecule has 0 fully saturated rings. The van der Waals surface area contributed by atoms with Crippen molar-refractivity contribution in [2.45, 2.75) is 12.8 Å². The van der Waals surface area contributed by atoms with Crippen LogP contribution >= 0.6 is 11.3 Å². The molecular formula is C16H12N4O3S. The number of nitrogens with one attached hydrogen (secondary N) is 1. The Balaban J connectivity index is 1.59. The van der Waals surface area contributed by atoms with Crippen molar-refractivity contribution >= 4 is 22.9 Å². The number of hydrogen-bond donors (Lipinski definition) is 2. The van der Waals surface area contributed by atoms with Gasteiger partial charge in [0.15, 0.2) is 0 Å². The van der Waals surface area contributed by atoms with Gasteiger partial charge in [-0.1, -0.05) is 11.2 Å². The Labute approximate surface area is 141 Å². The van der Waals surface area contributed by atoms with E-state index in [9.17, 15) is 9.90 Å². The van der Waals surface area contributed by atoms with Crippen LogP contribution in [0.25, 0.3) is 10.7 Å². The number of carbonyl (C=O) groups excluding carboxylic acids is 1. The van der Waals surface area contributed by atoms with Crippen molar-refractivity contribution in [2.75, 3.05) is 5.32 Å². The Morgan fingerprint density at radius 1 is 1.42 bits per heavy atom. The molecule has 120 valence electrons. The first-order chi connectivity index (χ1) is 11.7. The fourth-order valence-electron chi connectivity index (χ4n) is 2.00. The molecule has 0 unspecified atom stereocenters. The van der Waals surface area contributed by atoms with Gasteiger partial charge in [0.05, 0.1) is 22.2 Å². The van der Waals surface area contributed by atoms with Gasteiger partial charge in [0.1, 0.15) is 5.75 Å². The van der Waals surface area contributed by atoms with Crippen LogP contribution in [-0.2, 0) is 11.2 Å². The van der Waals surface area contributed by atoms with E-state index in [2.05, 4.69) is 15.5 Å². The van der Waals surface area contributed by atoms with Gasteiger partial charge < -0.3 is 14.9 Å². The first kappa shape index (κ1) is 15.7. The second-order valence-electron chi connectivity index (χ2n) is 4.88. The van der Waals surface area contributed by atoms with Gasteiger partial charge in [-0.3, -0.25) is 4.79 Å². The third-order valence-electron chi connectivity index (χ3n) is 3.18. The van der Waals surface area contributed by atoms with E-state index < -0.39 is 0 Å². The highest BCUT2D eigenvalue weighted by Crippen LogP contribution is 2.24. The van der Waals surface area contributed by atoms with Crippen LogP contribution in [0.5, 0.6) is 5.75 Å². The number of nitriles is 1. The zero-order valence-electron chi connectivity index (χ0n) is 12.4. The number of phenols is 1. The number of hydrogen-bond acceptors (Lipinski definition) is 7. The molecule has 7 nitrogen and oxygen atoms in total. The average molecular weight is 340 g/mol. The molecule has 3 rings (SSSR count). The second-order valence-corrected chi connectivity index (χ2v) is 5.83. The summed E-state index contributed by atoms with van der Waals surface area (Å²) >= 11 is 1.50. The lowest BCUT2D eigenvalue weighted by Crippen LogP contribution is -2.12. The zero-order chi connectivity index (χ0) is 16.9. The number of carbonyl (C=O) groups is 1. The zero-order valence-corrected chi connectivity index (χ0v) is 13.2. The lowest BCUT2D eigenvalue weighted by molar-refractivity contribution is -0.116. The van der Waals surface area contributed by atoms with Crippen molar-refractivity contribution in [3.63, 3.8) is 0 Å². The molecule has 1 aromatic carbocycles. The van der Waals surface area contributed by atoms with E-state index in [0.717, 1.165) is 4.88 Å². The first-order valence-corrected chi connectivity index (χ1v) is 7.93. The van der Waals surface area contributed by atoms with Crippen LogP contribution in [0.2, 0.25) is 0 Å². The number of thiophene rings is 1. The Hall–Kier alpha value is -3.18. The van der Waals surface area contributed by atoms with E-state index in [1.807, 2.05) is 23.6 Å². The van der Waals surface area contributed by atoms with Crippen LogP contribution < -0.4 is 5.32 Å². The molecular weight excluding hydrogens is 328 g/mol. The third kappa shape index (κ3) is 3.59. The predicted molar refractivity (Wildman–Crippen MR) is 87.4 cm³/mol. The highest BCUT2D eigenvalue weighted by Gasteiger charge is 2.12. The van der Waals surface area contributed by atoms with Crippen LogP contribution in [0.1, 0.15) is 17.9 Å². The maximum atomic E-state index is 12.0. The molecule has 2 heterocycles. The quantitative estimate of drug-likeness (QED) is 0.691. The Morgan fingerprint density at radius 3 is 3.04 bits per heavy atom. The lowest BCUT2D eigenvalue weighted by Gasteiger charge is -2.06. The number of aromatic nitrogens is 2. The summed E-state index contributed by atoms with van der Waals surface area (Å²) in [5.74, 6) is 0.444. The van der Waals surface area contributed by atoms with Gasteiger partial charge in [0.2, 0.25) is 17.6 Å². The maximum Gasteiger partial charge on any atom is 0.227 e. The molecule has 1 amide bonds. The lowest BCUT2D eigenvalue weighted by atomic mass is 10.2. The van der Waals surface area contributed by atoms with E-state index in [1.165, 1.54) is 29.5 Å². The summed E-state index contributed by atoms with van der Waals surface area (Å²) in [6, 6.07) is 9.97. The molecule has 24 heavy (non-hydrogen) atoms. The first-order valence-electron chi connectivity index (χ1n) is 7.05. The summed E-state index contributed by atoms with van der Waals surface area (Å²) in [6.45, 7) is 0. The summed E-state index contributed by atoms with van der Waals surface area (Å²) in [7, 11) is 0. The maximum absolute atomic E-state index is 12.0. The van der Waals surface area contributed by atoms with Gasteiger partial charge in [-0.25, -0.2) is 0 Å². The number of benzene rings is 1. The van der Waals surface area contributed by atoms with Crippen molar-refractivity contribution in [1.29, 1.82) is 5.26 Å². The largest absolute Gasteiger partial charge is 0.506 e.